The highest BCUT2D eigenvalue weighted by molar-refractivity contribution is 5.93. The van der Waals surface area contributed by atoms with Crippen molar-refractivity contribution in [1.29, 1.82) is 0 Å². The number of aryl methyl sites for hydroxylation is 1. The molecule has 0 heterocycles. The SMILES string of the molecule is Cc1ccc(OCC(=O)Nc2ccc(C(=O)OC(C)C)cc2)c([N+](=O)[O-])c1. The Morgan fingerprint density at radius 3 is 2.41 bits per heavy atom. The summed E-state index contributed by atoms with van der Waals surface area (Å²) in [5.41, 5.74) is 1.35. The van der Waals surface area contributed by atoms with Gasteiger partial charge in [-0.2, -0.15) is 0 Å². The van der Waals surface area contributed by atoms with Crippen LogP contribution in [0.4, 0.5) is 11.4 Å². The van der Waals surface area contributed by atoms with Gasteiger partial charge in [0.25, 0.3) is 5.91 Å². The largest absolute Gasteiger partial charge is 0.477 e. The maximum absolute atomic E-state index is 12.0. The van der Waals surface area contributed by atoms with Gasteiger partial charge in [-0.3, -0.25) is 14.9 Å². The molecule has 0 aromatic heterocycles. The van der Waals surface area contributed by atoms with Crippen LogP contribution < -0.4 is 10.1 Å². The number of carbonyl (C=O) groups excluding carboxylic acids is 2. The van der Waals surface area contributed by atoms with Gasteiger partial charge in [-0.05, 0) is 56.7 Å². The van der Waals surface area contributed by atoms with Gasteiger partial charge in [0.1, 0.15) is 0 Å². The lowest BCUT2D eigenvalue weighted by molar-refractivity contribution is -0.385. The molecule has 0 saturated heterocycles. The highest BCUT2D eigenvalue weighted by atomic mass is 16.6. The van der Waals surface area contributed by atoms with E-state index in [4.69, 9.17) is 9.47 Å². The fraction of sp³-hybridized carbons (Fsp3) is 0.263. The third-order valence-corrected chi connectivity index (χ3v) is 3.42. The third-order valence-electron chi connectivity index (χ3n) is 3.42. The second kappa shape index (κ2) is 8.79. The molecular formula is C19H20N2O6. The maximum atomic E-state index is 12.0. The number of amides is 1. The van der Waals surface area contributed by atoms with Crippen molar-refractivity contribution in [1.82, 2.24) is 0 Å². The molecule has 0 radical (unpaired) electrons. The molecule has 0 aliphatic heterocycles. The van der Waals surface area contributed by atoms with Crippen LogP contribution in [0.2, 0.25) is 0 Å². The summed E-state index contributed by atoms with van der Waals surface area (Å²) in [6.45, 7) is 4.85. The van der Waals surface area contributed by atoms with Crippen LogP contribution in [0.3, 0.4) is 0 Å². The molecule has 2 aromatic carbocycles. The van der Waals surface area contributed by atoms with Crippen LogP contribution in [0.25, 0.3) is 0 Å². The molecule has 27 heavy (non-hydrogen) atoms. The normalized spacial score (nSPS) is 10.4. The summed E-state index contributed by atoms with van der Waals surface area (Å²) in [6, 6.07) is 10.7. The van der Waals surface area contributed by atoms with E-state index in [2.05, 4.69) is 5.32 Å². The first-order valence-electron chi connectivity index (χ1n) is 8.25. The topological polar surface area (TPSA) is 108 Å². The van der Waals surface area contributed by atoms with Crippen molar-refractivity contribution in [2.45, 2.75) is 26.9 Å². The Labute approximate surface area is 156 Å². The number of ether oxygens (including phenoxy) is 2. The zero-order valence-electron chi connectivity index (χ0n) is 15.2. The molecule has 0 spiro atoms. The number of rotatable bonds is 7. The smallest absolute Gasteiger partial charge is 0.338 e. The van der Waals surface area contributed by atoms with E-state index in [1.807, 2.05) is 0 Å². The van der Waals surface area contributed by atoms with Crippen LogP contribution in [0, 0.1) is 17.0 Å². The van der Waals surface area contributed by atoms with E-state index >= 15 is 0 Å². The van der Waals surface area contributed by atoms with Gasteiger partial charge in [-0.1, -0.05) is 6.07 Å². The lowest BCUT2D eigenvalue weighted by Gasteiger charge is -2.10. The number of esters is 1. The Morgan fingerprint density at radius 2 is 1.81 bits per heavy atom. The summed E-state index contributed by atoms with van der Waals surface area (Å²) in [4.78, 5) is 34.3. The molecule has 0 aliphatic carbocycles. The number of nitrogens with zero attached hydrogens (tertiary/aromatic N) is 1. The van der Waals surface area contributed by atoms with E-state index in [1.165, 1.54) is 24.3 Å². The molecule has 0 fully saturated rings. The Hall–Kier alpha value is -3.42. The number of nitro groups is 1. The van der Waals surface area contributed by atoms with Crippen molar-refractivity contribution >= 4 is 23.3 Å². The van der Waals surface area contributed by atoms with Gasteiger partial charge in [-0.15, -0.1) is 0 Å². The summed E-state index contributed by atoms with van der Waals surface area (Å²) in [6.07, 6.45) is -0.222. The number of benzene rings is 2. The molecule has 2 rings (SSSR count). The second-order valence-electron chi connectivity index (χ2n) is 6.10. The minimum atomic E-state index is -0.560. The standard InChI is InChI=1S/C19H20N2O6/c1-12(2)27-19(23)14-5-7-15(8-6-14)20-18(22)11-26-17-9-4-13(3)10-16(17)21(24)25/h4-10,12H,11H2,1-3H3,(H,20,22). The van der Waals surface area contributed by atoms with Gasteiger partial charge < -0.3 is 14.8 Å². The van der Waals surface area contributed by atoms with Gasteiger partial charge >= 0.3 is 11.7 Å². The van der Waals surface area contributed by atoms with Gasteiger partial charge in [0.2, 0.25) is 0 Å². The fourth-order valence-electron chi connectivity index (χ4n) is 2.20. The summed E-state index contributed by atoms with van der Waals surface area (Å²) in [5, 5.41) is 13.6. The minimum absolute atomic E-state index is 0.0209. The summed E-state index contributed by atoms with van der Waals surface area (Å²) < 4.78 is 10.3. The van der Waals surface area contributed by atoms with Crippen molar-refractivity contribution in [3.63, 3.8) is 0 Å². The average Bonchev–Trinajstić information content (AvgIpc) is 2.60. The van der Waals surface area contributed by atoms with Crippen LogP contribution in [-0.4, -0.2) is 29.5 Å². The summed E-state index contributed by atoms with van der Waals surface area (Å²) in [5.74, 6) is -0.909. The molecule has 2 aromatic rings. The molecule has 1 amide bonds. The first-order valence-corrected chi connectivity index (χ1v) is 8.25. The van der Waals surface area contributed by atoms with Crippen LogP contribution in [0.5, 0.6) is 5.75 Å². The van der Waals surface area contributed by atoms with Crippen molar-refractivity contribution in [2.24, 2.45) is 0 Å². The van der Waals surface area contributed by atoms with E-state index in [0.717, 1.165) is 5.56 Å². The molecule has 0 unspecified atom stereocenters. The molecule has 1 N–H and O–H groups in total. The van der Waals surface area contributed by atoms with E-state index in [-0.39, 0.29) is 24.1 Å². The molecule has 0 saturated carbocycles. The molecule has 8 nitrogen and oxygen atoms in total. The Kier molecular flexibility index (Phi) is 6.48. The fourth-order valence-corrected chi connectivity index (χ4v) is 2.20. The molecule has 0 atom stereocenters. The molecule has 142 valence electrons. The molecule has 0 bridgehead atoms. The highest BCUT2D eigenvalue weighted by Gasteiger charge is 2.16. The van der Waals surface area contributed by atoms with E-state index < -0.39 is 16.8 Å². The number of carbonyl (C=O) groups is 2. The van der Waals surface area contributed by atoms with Crippen LogP contribution in [0.1, 0.15) is 29.8 Å². The number of nitro benzene ring substituents is 1. The Morgan fingerprint density at radius 1 is 1.15 bits per heavy atom. The number of hydrogen-bond acceptors (Lipinski definition) is 6. The van der Waals surface area contributed by atoms with Crippen LogP contribution in [-0.2, 0) is 9.53 Å². The second-order valence-corrected chi connectivity index (χ2v) is 6.10. The molecule has 0 aliphatic rings. The van der Waals surface area contributed by atoms with E-state index in [1.54, 1.807) is 39.0 Å². The summed E-state index contributed by atoms with van der Waals surface area (Å²) >= 11 is 0. The zero-order valence-corrected chi connectivity index (χ0v) is 15.2. The Balaban J connectivity index is 1.95. The first kappa shape index (κ1) is 19.9. The van der Waals surface area contributed by atoms with Crippen LogP contribution >= 0.6 is 0 Å². The van der Waals surface area contributed by atoms with Crippen molar-refractivity contribution in [3.05, 3.63) is 63.7 Å². The first-order chi connectivity index (χ1) is 12.8. The predicted octanol–water partition coefficient (Wildman–Crippen LogP) is 3.49. The zero-order chi connectivity index (χ0) is 20.0. The average molecular weight is 372 g/mol. The molecular weight excluding hydrogens is 352 g/mol. The lowest BCUT2D eigenvalue weighted by Crippen LogP contribution is -2.20. The number of hydrogen-bond donors (Lipinski definition) is 1. The molecule has 8 heteroatoms. The summed E-state index contributed by atoms with van der Waals surface area (Å²) in [7, 11) is 0. The van der Waals surface area contributed by atoms with Crippen molar-refractivity contribution in [3.8, 4) is 5.75 Å². The minimum Gasteiger partial charge on any atom is -0.477 e. The van der Waals surface area contributed by atoms with Gasteiger partial charge in [0.15, 0.2) is 12.4 Å². The third kappa shape index (κ3) is 5.81. The monoisotopic (exact) mass is 372 g/mol. The van der Waals surface area contributed by atoms with E-state index in [0.29, 0.717) is 11.3 Å². The number of anilines is 1. The highest BCUT2D eigenvalue weighted by Crippen LogP contribution is 2.27. The van der Waals surface area contributed by atoms with Crippen molar-refractivity contribution < 1.29 is 24.0 Å². The Bertz CT molecular complexity index is 846. The van der Waals surface area contributed by atoms with Crippen molar-refractivity contribution in [2.75, 3.05) is 11.9 Å². The van der Waals surface area contributed by atoms with Crippen LogP contribution in [0.15, 0.2) is 42.5 Å². The van der Waals surface area contributed by atoms with Gasteiger partial charge in [-0.25, -0.2) is 4.79 Å². The lowest BCUT2D eigenvalue weighted by atomic mass is 10.2. The predicted molar refractivity (Wildman–Crippen MR) is 99.0 cm³/mol. The quantitative estimate of drug-likeness (QED) is 0.453. The van der Waals surface area contributed by atoms with Gasteiger partial charge in [0.05, 0.1) is 16.6 Å². The van der Waals surface area contributed by atoms with E-state index in [9.17, 15) is 19.7 Å². The number of nitrogens with one attached hydrogen (secondary N) is 1. The van der Waals surface area contributed by atoms with Gasteiger partial charge in [0, 0.05) is 11.8 Å². The maximum Gasteiger partial charge on any atom is 0.338 e.